The molecule has 2 aromatic carbocycles. The molecule has 3 rings (SSSR count). The summed E-state index contributed by atoms with van der Waals surface area (Å²) in [6, 6.07) is 17.9. The highest BCUT2D eigenvalue weighted by molar-refractivity contribution is 14.0. The minimum atomic E-state index is 0. The van der Waals surface area contributed by atoms with Crippen molar-refractivity contribution in [3.05, 3.63) is 59.7 Å². The smallest absolute Gasteiger partial charge is 0.0212 e. The van der Waals surface area contributed by atoms with Crippen molar-refractivity contribution in [1.82, 2.24) is 0 Å². The molecule has 0 spiro atoms. The van der Waals surface area contributed by atoms with Gasteiger partial charge < -0.3 is 0 Å². The average molecular weight is 408 g/mol. The Morgan fingerprint density at radius 3 is 1.68 bits per heavy atom. The Morgan fingerprint density at radius 2 is 1.27 bits per heavy atom. The zero-order valence-corrected chi connectivity index (χ0v) is 16.8. The van der Waals surface area contributed by atoms with Crippen molar-refractivity contribution in [2.75, 3.05) is 0 Å². The van der Waals surface area contributed by atoms with Gasteiger partial charge in [-0.2, -0.15) is 0 Å². The molecule has 0 amide bonds. The number of benzene rings is 2. The second-order valence-corrected chi connectivity index (χ2v) is 5.98. The van der Waals surface area contributed by atoms with Crippen molar-refractivity contribution >= 4 is 24.0 Å². The van der Waals surface area contributed by atoms with Gasteiger partial charge in [0.25, 0.3) is 0 Å². The lowest BCUT2D eigenvalue weighted by atomic mass is 9.69. The van der Waals surface area contributed by atoms with Crippen molar-refractivity contribution in [3.8, 4) is 11.1 Å². The third-order valence-electron chi connectivity index (χ3n) is 4.97. The van der Waals surface area contributed by atoms with Gasteiger partial charge in [-0.25, -0.2) is 0 Å². The molecule has 0 saturated heterocycles. The summed E-state index contributed by atoms with van der Waals surface area (Å²) < 4.78 is 0. The molecule has 0 nitrogen and oxygen atoms in total. The normalized spacial score (nSPS) is 14.8. The van der Waals surface area contributed by atoms with E-state index in [-0.39, 0.29) is 29.4 Å². The highest BCUT2D eigenvalue weighted by atomic mass is 127. The summed E-state index contributed by atoms with van der Waals surface area (Å²) in [7, 11) is 0. The Hall–Kier alpha value is -0.830. The average Bonchev–Trinajstić information content (AvgIpc) is 2.81. The fourth-order valence-corrected chi connectivity index (χ4v) is 3.74. The molecular weight excluding hydrogens is 379 g/mol. The number of halogens is 1. The van der Waals surface area contributed by atoms with Gasteiger partial charge in [0, 0.05) is 5.41 Å². The highest BCUT2D eigenvalue weighted by Gasteiger charge is 2.42. The topological polar surface area (TPSA) is 0 Å². The van der Waals surface area contributed by atoms with E-state index in [1.54, 1.807) is 0 Å². The summed E-state index contributed by atoms with van der Waals surface area (Å²) in [4.78, 5) is 0. The number of hydrogen-bond acceptors (Lipinski definition) is 0. The van der Waals surface area contributed by atoms with Crippen LogP contribution in [0, 0.1) is 5.92 Å². The van der Waals surface area contributed by atoms with E-state index < -0.39 is 0 Å². The minimum Gasteiger partial charge on any atom is -0.107 e. The maximum atomic E-state index is 2.43. The van der Waals surface area contributed by atoms with Crippen LogP contribution in [0.15, 0.2) is 48.5 Å². The fraction of sp³-hybridized carbons (Fsp3) is 0.429. The molecule has 22 heavy (non-hydrogen) atoms. The lowest BCUT2D eigenvalue weighted by Gasteiger charge is -2.34. The van der Waals surface area contributed by atoms with E-state index in [1.165, 1.54) is 35.1 Å². The summed E-state index contributed by atoms with van der Waals surface area (Å²) in [5.74, 6) is 0.669. The van der Waals surface area contributed by atoms with Crippen LogP contribution in [0.3, 0.4) is 0 Å². The minimum absolute atomic E-state index is 0. The van der Waals surface area contributed by atoms with E-state index in [0.29, 0.717) is 5.92 Å². The Balaban J connectivity index is 0.000000775. The zero-order chi connectivity index (χ0) is 15.5. The van der Waals surface area contributed by atoms with Gasteiger partial charge >= 0.3 is 0 Å². The molecular formula is C21H29I. The zero-order valence-electron chi connectivity index (χ0n) is 14.5. The van der Waals surface area contributed by atoms with Gasteiger partial charge in [-0.05, 0) is 34.6 Å². The molecule has 120 valence electrons. The molecule has 2 aromatic rings. The van der Waals surface area contributed by atoms with Crippen molar-refractivity contribution in [2.45, 2.75) is 52.9 Å². The first-order valence-corrected chi connectivity index (χ1v) is 8.39. The second kappa shape index (κ2) is 8.14. The van der Waals surface area contributed by atoms with Gasteiger partial charge in [-0.15, -0.1) is 24.0 Å². The summed E-state index contributed by atoms with van der Waals surface area (Å²) in [5, 5.41) is 0. The van der Waals surface area contributed by atoms with Crippen LogP contribution in [-0.2, 0) is 5.41 Å². The van der Waals surface area contributed by atoms with Crippen LogP contribution >= 0.6 is 24.0 Å². The molecule has 0 saturated carbocycles. The molecule has 1 aliphatic rings. The summed E-state index contributed by atoms with van der Waals surface area (Å²) in [5.41, 5.74) is 6.06. The van der Waals surface area contributed by atoms with E-state index in [9.17, 15) is 0 Å². The molecule has 1 aliphatic carbocycles. The van der Waals surface area contributed by atoms with E-state index >= 15 is 0 Å². The van der Waals surface area contributed by atoms with Crippen molar-refractivity contribution in [1.29, 1.82) is 0 Å². The summed E-state index contributed by atoms with van der Waals surface area (Å²) in [6.45, 7) is 11.1. The molecule has 0 heterocycles. The first kappa shape index (κ1) is 19.2. The first-order valence-electron chi connectivity index (χ1n) is 8.39. The van der Waals surface area contributed by atoms with E-state index in [4.69, 9.17) is 0 Å². The van der Waals surface area contributed by atoms with Crippen LogP contribution in [0.25, 0.3) is 11.1 Å². The molecule has 0 bridgehead atoms. The van der Waals surface area contributed by atoms with Gasteiger partial charge in [0.15, 0.2) is 0 Å². The molecule has 0 N–H and O–H groups in total. The van der Waals surface area contributed by atoms with Crippen molar-refractivity contribution < 1.29 is 0 Å². The van der Waals surface area contributed by atoms with Crippen molar-refractivity contribution in [3.63, 3.8) is 0 Å². The van der Waals surface area contributed by atoms with Crippen LogP contribution in [0.2, 0.25) is 0 Å². The predicted octanol–water partition coefficient (Wildman–Crippen LogP) is 7.05. The number of rotatable bonds is 3. The summed E-state index contributed by atoms with van der Waals surface area (Å²) in [6.07, 6.45) is 2.53. The molecule has 1 unspecified atom stereocenters. The second-order valence-electron chi connectivity index (χ2n) is 5.98. The van der Waals surface area contributed by atoms with Crippen LogP contribution in [0.5, 0.6) is 0 Å². The van der Waals surface area contributed by atoms with Crippen LogP contribution < -0.4 is 0 Å². The molecule has 1 atom stereocenters. The third-order valence-corrected chi connectivity index (χ3v) is 4.97. The van der Waals surface area contributed by atoms with Crippen LogP contribution in [0.1, 0.15) is 58.6 Å². The Bertz CT molecular complexity index is 555. The quantitative estimate of drug-likeness (QED) is 0.477. The molecule has 1 heteroatoms. The van der Waals surface area contributed by atoms with Gasteiger partial charge in [-0.1, -0.05) is 89.6 Å². The maximum absolute atomic E-state index is 2.43. The number of fused-ring (bicyclic) bond motifs is 3. The Morgan fingerprint density at radius 1 is 0.864 bits per heavy atom. The molecule has 0 aromatic heterocycles. The highest BCUT2D eigenvalue weighted by Crippen LogP contribution is 2.53. The van der Waals surface area contributed by atoms with Crippen LogP contribution in [0.4, 0.5) is 0 Å². The van der Waals surface area contributed by atoms with E-state index in [2.05, 4.69) is 69.3 Å². The Labute approximate surface area is 153 Å². The largest absolute Gasteiger partial charge is 0.107 e. The fourth-order valence-electron chi connectivity index (χ4n) is 3.74. The van der Waals surface area contributed by atoms with Gasteiger partial charge in [0.2, 0.25) is 0 Å². The molecule has 0 aliphatic heterocycles. The monoisotopic (exact) mass is 408 g/mol. The van der Waals surface area contributed by atoms with Gasteiger partial charge in [0.05, 0.1) is 0 Å². The standard InChI is InChI=1S/C19H22.C2H6.HI/c1-4-9-14(2)19(3)17-12-7-5-10-15(17)16-11-6-8-13-18(16)19;1-2;/h5-8,10-14H,4,9H2,1-3H3;1-2H3;1H. The predicted molar refractivity (Wildman–Crippen MR) is 109 cm³/mol. The van der Waals surface area contributed by atoms with Gasteiger partial charge in [-0.3, -0.25) is 0 Å². The molecule has 0 fully saturated rings. The molecule has 0 radical (unpaired) electrons. The maximum Gasteiger partial charge on any atom is 0.0212 e. The van der Waals surface area contributed by atoms with Crippen LogP contribution in [-0.4, -0.2) is 0 Å². The lowest BCUT2D eigenvalue weighted by Crippen LogP contribution is -2.29. The van der Waals surface area contributed by atoms with Gasteiger partial charge in [0.1, 0.15) is 0 Å². The van der Waals surface area contributed by atoms with E-state index in [0.717, 1.165) is 0 Å². The Kier molecular flexibility index (Phi) is 7.11. The van der Waals surface area contributed by atoms with E-state index in [1.807, 2.05) is 13.8 Å². The third kappa shape index (κ3) is 2.97. The van der Waals surface area contributed by atoms with Crippen molar-refractivity contribution in [2.24, 2.45) is 5.92 Å². The number of hydrogen-bond donors (Lipinski definition) is 0. The SMILES string of the molecule is CC.CCCC(C)C1(C)c2ccccc2-c2ccccc21.I. The summed E-state index contributed by atoms with van der Waals surface area (Å²) >= 11 is 0. The lowest BCUT2D eigenvalue weighted by molar-refractivity contribution is 0.355. The first-order chi connectivity index (χ1) is 10.2.